The van der Waals surface area contributed by atoms with Crippen LogP contribution >= 0.6 is 0 Å². The van der Waals surface area contributed by atoms with Gasteiger partial charge in [0.15, 0.2) is 0 Å². The highest BCUT2D eigenvalue weighted by molar-refractivity contribution is 5.96. The van der Waals surface area contributed by atoms with E-state index < -0.39 is 5.97 Å². The van der Waals surface area contributed by atoms with Gasteiger partial charge in [-0.1, -0.05) is 0 Å². The molecule has 88 valence electrons. The van der Waals surface area contributed by atoms with E-state index in [0.29, 0.717) is 11.3 Å². The second-order valence-corrected chi connectivity index (χ2v) is 3.12. The van der Waals surface area contributed by atoms with E-state index in [0.717, 1.165) is 0 Å². The summed E-state index contributed by atoms with van der Waals surface area (Å²) in [5, 5.41) is 9.70. The number of hydrogen-bond donors (Lipinski definition) is 1. The van der Waals surface area contributed by atoms with Gasteiger partial charge in [-0.2, -0.15) is 0 Å². The lowest BCUT2D eigenvalue weighted by Gasteiger charge is -2.14. The minimum absolute atomic E-state index is 0.00306. The first kappa shape index (κ1) is 12.2. The van der Waals surface area contributed by atoms with Crippen molar-refractivity contribution in [2.45, 2.75) is 6.92 Å². The number of ether oxygens (including phenoxy) is 3. The maximum Gasteiger partial charge on any atom is 0.345 e. The Labute approximate surface area is 93.6 Å². The molecule has 0 saturated carbocycles. The molecule has 1 aromatic rings. The van der Waals surface area contributed by atoms with Gasteiger partial charge in [0.2, 0.25) is 0 Å². The molecule has 0 aliphatic carbocycles. The minimum Gasteiger partial charge on any atom is -0.507 e. The van der Waals surface area contributed by atoms with Gasteiger partial charge in [0, 0.05) is 11.6 Å². The second kappa shape index (κ2) is 4.74. The Morgan fingerprint density at radius 2 is 1.88 bits per heavy atom. The molecule has 0 saturated heterocycles. The highest BCUT2D eigenvalue weighted by Crippen LogP contribution is 2.38. The topological polar surface area (TPSA) is 65.0 Å². The summed E-state index contributed by atoms with van der Waals surface area (Å²) in [6.07, 6.45) is 0. The van der Waals surface area contributed by atoms with E-state index >= 15 is 0 Å². The number of rotatable bonds is 3. The number of aromatic hydroxyl groups is 1. The van der Waals surface area contributed by atoms with Gasteiger partial charge in [0.25, 0.3) is 0 Å². The maximum atomic E-state index is 11.5. The zero-order chi connectivity index (χ0) is 12.3. The van der Waals surface area contributed by atoms with Crippen molar-refractivity contribution in [2.24, 2.45) is 0 Å². The van der Waals surface area contributed by atoms with Crippen molar-refractivity contribution in [2.75, 3.05) is 21.3 Å². The molecule has 16 heavy (non-hydrogen) atoms. The Bertz CT molecular complexity index is 411. The van der Waals surface area contributed by atoms with Crippen molar-refractivity contribution >= 4 is 5.97 Å². The first-order chi connectivity index (χ1) is 7.56. The Morgan fingerprint density at radius 3 is 2.31 bits per heavy atom. The van der Waals surface area contributed by atoms with Gasteiger partial charge < -0.3 is 19.3 Å². The molecule has 0 amide bonds. The first-order valence-electron chi connectivity index (χ1n) is 4.59. The highest BCUT2D eigenvalue weighted by atomic mass is 16.5. The number of hydrogen-bond acceptors (Lipinski definition) is 5. The maximum absolute atomic E-state index is 11.5. The number of phenols is 1. The first-order valence-corrected chi connectivity index (χ1v) is 4.59. The lowest BCUT2D eigenvalue weighted by Crippen LogP contribution is -2.06. The normalized spacial score (nSPS) is 9.75. The highest BCUT2D eigenvalue weighted by Gasteiger charge is 2.22. The summed E-state index contributed by atoms with van der Waals surface area (Å²) in [4.78, 5) is 11.5. The summed E-state index contributed by atoms with van der Waals surface area (Å²) < 4.78 is 14.7. The van der Waals surface area contributed by atoms with Crippen LogP contribution in [0.5, 0.6) is 17.2 Å². The summed E-state index contributed by atoms with van der Waals surface area (Å²) in [5.74, 6) is -0.183. The molecule has 0 atom stereocenters. The van der Waals surface area contributed by atoms with Crippen LogP contribution in [0.1, 0.15) is 15.9 Å². The molecule has 0 unspecified atom stereocenters. The van der Waals surface area contributed by atoms with E-state index in [1.54, 1.807) is 6.92 Å². The van der Waals surface area contributed by atoms with Gasteiger partial charge in [-0.25, -0.2) is 4.79 Å². The largest absolute Gasteiger partial charge is 0.507 e. The fourth-order valence-corrected chi connectivity index (χ4v) is 1.49. The molecule has 5 nitrogen and oxygen atoms in total. The number of carbonyl (C=O) groups excluding carboxylic acids is 1. The third-order valence-electron chi connectivity index (χ3n) is 2.27. The molecule has 0 fully saturated rings. The average molecular weight is 226 g/mol. The number of esters is 1. The Morgan fingerprint density at radius 1 is 1.25 bits per heavy atom. The van der Waals surface area contributed by atoms with Crippen LogP contribution in [-0.2, 0) is 4.74 Å². The zero-order valence-electron chi connectivity index (χ0n) is 9.66. The molecule has 1 rings (SSSR count). The SMILES string of the molecule is COC(=O)c1c(O)cc(OC)c(C)c1OC. The molecule has 0 aliphatic rings. The molecular formula is C11H14O5. The van der Waals surface area contributed by atoms with Crippen molar-refractivity contribution in [1.29, 1.82) is 0 Å². The summed E-state index contributed by atoms with van der Waals surface area (Å²) in [5.41, 5.74) is 0.631. The Balaban J connectivity index is 3.49. The van der Waals surface area contributed by atoms with Gasteiger partial charge in [0.1, 0.15) is 22.8 Å². The van der Waals surface area contributed by atoms with Crippen LogP contribution in [0.25, 0.3) is 0 Å². The van der Waals surface area contributed by atoms with Crippen LogP contribution in [0.3, 0.4) is 0 Å². The smallest absolute Gasteiger partial charge is 0.345 e. The van der Waals surface area contributed by atoms with E-state index in [4.69, 9.17) is 9.47 Å². The molecule has 0 spiro atoms. The summed E-state index contributed by atoms with van der Waals surface area (Å²) in [6.45, 7) is 1.73. The van der Waals surface area contributed by atoms with E-state index in [9.17, 15) is 9.90 Å². The minimum atomic E-state index is -0.653. The molecular weight excluding hydrogens is 212 g/mol. The number of phenolic OH excluding ortho intramolecular Hbond substituents is 1. The third-order valence-corrected chi connectivity index (χ3v) is 2.27. The molecule has 0 aromatic heterocycles. The van der Waals surface area contributed by atoms with Crippen LogP contribution in [0.2, 0.25) is 0 Å². The van der Waals surface area contributed by atoms with Crippen molar-refractivity contribution in [3.8, 4) is 17.2 Å². The monoisotopic (exact) mass is 226 g/mol. The van der Waals surface area contributed by atoms with Crippen LogP contribution in [0.15, 0.2) is 6.07 Å². The lowest BCUT2D eigenvalue weighted by atomic mass is 10.1. The molecule has 0 heterocycles. The predicted molar refractivity (Wildman–Crippen MR) is 57.3 cm³/mol. The van der Waals surface area contributed by atoms with E-state index in [2.05, 4.69) is 4.74 Å². The van der Waals surface area contributed by atoms with Crippen LogP contribution in [0.4, 0.5) is 0 Å². The van der Waals surface area contributed by atoms with Crippen molar-refractivity contribution < 1.29 is 24.1 Å². The van der Waals surface area contributed by atoms with Gasteiger partial charge in [-0.05, 0) is 6.92 Å². The summed E-state index contributed by atoms with van der Waals surface area (Å²) in [6, 6.07) is 1.35. The van der Waals surface area contributed by atoms with E-state index in [1.807, 2.05) is 0 Å². The number of benzene rings is 1. The van der Waals surface area contributed by atoms with Gasteiger partial charge in [-0.3, -0.25) is 0 Å². The standard InChI is InChI=1S/C11H14O5/c1-6-8(14-2)5-7(12)9(10(6)15-3)11(13)16-4/h5,12H,1-4H3. The molecule has 0 bridgehead atoms. The quantitative estimate of drug-likeness (QED) is 0.791. The Kier molecular flexibility index (Phi) is 3.60. The summed E-state index contributed by atoms with van der Waals surface area (Å²) in [7, 11) is 4.12. The van der Waals surface area contributed by atoms with Gasteiger partial charge >= 0.3 is 5.97 Å². The second-order valence-electron chi connectivity index (χ2n) is 3.12. The van der Waals surface area contributed by atoms with Crippen molar-refractivity contribution in [3.05, 3.63) is 17.2 Å². The van der Waals surface area contributed by atoms with Crippen LogP contribution in [0, 0.1) is 6.92 Å². The molecule has 1 N–H and O–H groups in total. The molecule has 0 radical (unpaired) electrons. The third kappa shape index (κ3) is 1.88. The molecule has 0 aliphatic heterocycles. The van der Waals surface area contributed by atoms with E-state index in [1.165, 1.54) is 27.4 Å². The number of methoxy groups -OCH3 is 3. The van der Waals surface area contributed by atoms with Gasteiger partial charge in [0.05, 0.1) is 21.3 Å². The fraction of sp³-hybridized carbons (Fsp3) is 0.364. The molecule has 5 heteroatoms. The molecule has 1 aromatic carbocycles. The lowest BCUT2D eigenvalue weighted by molar-refractivity contribution is 0.0593. The fourth-order valence-electron chi connectivity index (χ4n) is 1.49. The van der Waals surface area contributed by atoms with Crippen LogP contribution in [-0.4, -0.2) is 32.4 Å². The van der Waals surface area contributed by atoms with Crippen molar-refractivity contribution in [3.63, 3.8) is 0 Å². The van der Waals surface area contributed by atoms with Gasteiger partial charge in [-0.15, -0.1) is 0 Å². The average Bonchev–Trinajstić information content (AvgIpc) is 2.29. The summed E-state index contributed by atoms with van der Waals surface area (Å²) >= 11 is 0. The van der Waals surface area contributed by atoms with Crippen molar-refractivity contribution in [1.82, 2.24) is 0 Å². The van der Waals surface area contributed by atoms with E-state index in [-0.39, 0.29) is 17.1 Å². The Hall–Kier alpha value is -1.91. The number of carbonyl (C=O) groups is 1. The predicted octanol–water partition coefficient (Wildman–Crippen LogP) is 1.50. The zero-order valence-corrected chi connectivity index (χ0v) is 9.66. The van der Waals surface area contributed by atoms with Crippen LogP contribution < -0.4 is 9.47 Å².